The van der Waals surface area contributed by atoms with Gasteiger partial charge in [-0.25, -0.2) is 13.8 Å². The number of amides is 1. The lowest BCUT2D eigenvalue weighted by Crippen LogP contribution is -2.20. The molecule has 0 fully saturated rings. The van der Waals surface area contributed by atoms with E-state index >= 15 is 0 Å². The number of nitriles is 1. The van der Waals surface area contributed by atoms with Crippen LogP contribution < -0.4 is 9.62 Å². The van der Waals surface area contributed by atoms with Gasteiger partial charge < -0.3 is 4.90 Å². The zero-order valence-electron chi connectivity index (χ0n) is 17.6. The van der Waals surface area contributed by atoms with Gasteiger partial charge >= 0.3 is 0 Å². The number of thiazole rings is 1. The molecular formula is C23H22F2N4OS2. The van der Waals surface area contributed by atoms with Crippen LogP contribution in [0.5, 0.6) is 0 Å². The Bertz CT molecular complexity index is 1090. The Morgan fingerprint density at radius 3 is 2.53 bits per heavy atom. The second-order valence-corrected chi connectivity index (χ2v) is 9.31. The number of anilines is 2. The minimum Gasteiger partial charge on any atom is -0.313 e. The van der Waals surface area contributed by atoms with Gasteiger partial charge in [-0.15, -0.1) is 11.3 Å². The van der Waals surface area contributed by atoms with Crippen molar-refractivity contribution in [2.75, 3.05) is 10.7 Å². The molecule has 3 rings (SSSR count). The molecule has 0 unspecified atom stereocenters. The number of halogens is 2. The molecule has 0 spiro atoms. The quantitative estimate of drug-likeness (QED) is 0.302. The summed E-state index contributed by atoms with van der Waals surface area (Å²) in [4.78, 5) is 19.8. The number of rotatable bonds is 9. The smallest absolute Gasteiger partial charge is 0.280 e. The Morgan fingerprint density at radius 2 is 1.91 bits per heavy atom. The standard InChI is InChI=1S/C23H22F2N4OS2/c1-16-20(21(30)28-31-13-12-23(2,24)25)27-22(32-16)29(15-18-6-4-3-5-7-18)19-10-8-17(14-26)9-11-19/h3-11H,12-13,15H2,1-2H3,(H,28,30). The third-order valence-corrected chi connectivity index (χ3v) is 6.26. The minimum atomic E-state index is -2.76. The topological polar surface area (TPSA) is 69.0 Å². The van der Waals surface area contributed by atoms with Crippen LogP contribution >= 0.6 is 23.3 Å². The minimum absolute atomic E-state index is 0.108. The molecule has 9 heteroatoms. The number of aromatic nitrogens is 1. The first kappa shape index (κ1) is 23.7. The molecule has 32 heavy (non-hydrogen) atoms. The fraction of sp³-hybridized carbons (Fsp3) is 0.261. The van der Waals surface area contributed by atoms with Crippen molar-refractivity contribution in [3.05, 3.63) is 76.3 Å². The molecule has 0 saturated heterocycles. The highest BCUT2D eigenvalue weighted by atomic mass is 32.2. The molecule has 0 saturated carbocycles. The van der Waals surface area contributed by atoms with Gasteiger partial charge in [-0.1, -0.05) is 30.3 Å². The monoisotopic (exact) mass is 472 g/mol. The third-order valence-electron chi connectivity index (χ3n) is 4.53. The number of carbonyl (C=O) groups excluding carboxylic acids is 1. The zero-order chi connectivity index (χ0) is 23.1. The summed E-state index contributed by atoms with van der Waals surface area (Å²) in [6.45, 7) is 3.19. The van der Waals surface area contributed by atoms with Crippen molar-refractivity contribution in [3.63, 3.8) is 0 Å². The van der Waals surface area contributed by atoms with Gasteiger partial charge in [0.1, 0.15) is 5.69 Å². The van der Waals surface area contributed by atoms with E-state index in [9.17, 15) is 13.6 Å². The summed E-state index contributed by atoms with van der Waals surface area (Å²) in [6, 6.07) is 19.1. The fourth-order valence-corrected chi connectivity index (χ4v) is 4.57. The molecule has 3 aromatic rings. The van der Waals surface area contributed by atoms with Gasteiger partial charge in [0.15, 0.2) is 5.13 Å². The van der Waals surface area contributed by atoms with Crippen LogP contribution in [0.15, 0.2) is 54.6 Å². The van der Waals surface area contributed by atoms with Crippen LogP contribution in [0.3, 0.4) is 0 Å². The number of alkyl halides is 2. The molecule has 0 radical (unpaired) electrons. The number of hydrogen-bond donors (Lipinski definition) is 1. The van der Waals surface area contributed by atoms with E-state index in [-0.39, 0.29) is 17.9 Å². The summed E-state index contributed by atoms with van der Waals surface area (Å²) < 4.78 is 28.5. The van der Waals surface area contributed by atoms with E-state index in [2.05, 4.69) is 15.8 Å². The molecule has 0 aliphatic heterocycles. The van der Waals surface area contributed by atoms with E-state index in [1.54, 1.807) is 19.1 Å². The van der Waals surface area contributed by atoms with Gasteiger partial charge in [-0.05, 0) is 55.6 Å². The van der Waals surface area contributed by atoms with Crippen molar-refractivity contribution >= 4 is 40.0 Å². The number of benzene rings is 2. The average molecular weight is 473 g/mol. The Labute approximate surface area is 194 Å². The molecule has 1 heterocycles. The van der Waals surface area contributed by atoms with Gasteiger partial charge in [0.2, 0.25) is 5.92 Å². The van der Waals surface area contributed by atoms with Crippen LogP contribution in [0.2, 0.25) is 0 Å². The van der Waals surface area contributed by atoms with Gasteiger partial charge in [-0.3, -0.25) is 9.52 Å². The van der Waals surface area contributed by atoms with Crippen LogP contribution in [0.25, 0.3) is 0 Å². The molecule has 0 atom stereocenters. The van der Waals surface area contributed by atoms with Gasteiger partial charge in [0, 0.05) is 22.7 Å². The second kappa shape index (κ2) is 10.6. The lowest BCUT2D eigenvalue weighted by Gasteiger charge is -2.22. The summed E-state index contributed by atoms with van der Waals surface area (Å²) >= 11 is 2.33. The van der Waals surface area contributed by atoms with Gasteiger partial charge in [0.05, 0.1) is 18.2 Å². The number of carbonyl (C=O) groups is 1. The number of nitrogens with one attached hydrogen (secondary N) is 1. The summed E-state index contributed by atoms with van der Waals surface area (Å²) in [5.41, 5.74) is 2.73. The lowest BCUT2D eigenvalue weighted by atomic mass is 10.2. The lowest BCUT2D eigenvalue weighted by molar-refractivity contribution is 0.0193. The van der Waals surface area contributed by atoms with Crippen LogP contribution in [-0.4, -0.2) is 22.6 Å². The SMILES string of the molecule is Cc1sc(N(Cc2ccccc2)c2ccc(C#N)cc2)nc1C(=O)NSCCC(C)(F)F. The molecule has 0 aliphatic rings. The number of aryl methyl sites for hydroxylation is 1. The highest BCUT2D eigenvalue weighted by Gasteiger charge is 2.22. The molecule has 166 valence electrons. The zero-order valence-corrected chi connectivity index (χ0v) is 19.3. The number of nitrogens with zero attached hydrogens (tertiary/aromatic N) is 3. The highest BCUT2D eigenvalue weighted by Crippen LogP contribution is 2.33. The van der Waals surface area contributed by atoms with Crippen molar-refractivity contribution in [2.45, 2.75) is 32.7 Å². The first-order valence-electron chi connectivity index (χ1n) is 9.86. The van der Waals surface area contributed by atoms with Crippen LogP contribution in [0.4, 0.5) is 19.6 Å². The van der Waals surface area contributed by atoms with E-state index in [1.165, 1.54) is 11.3 Å². The predicted octanol–water partition coefficient (Wildman–Crippen LogP) is 6.08. The molecular weight excluding hydrogens is 450 g/mol. The summed E-state index contributed by atoms with van der Waals surface area (Å²) in [5, 5.41) is 9.72. The van der Waals surface area contributed by atoms with Gasteiger partial charge in [0.25, 0.3) is 5.91 Å². The van der Waals surface area contributed by atoms with E-state index in [0.29, 0.717) is 17.2 Å². The first-order valence-corrected chi connectivity index (χ1v) is 11.7. The molecule has 5 nitrogen and oxygen atoms in total. The Morgan fingerprint density at radius 1 is 1.22 bits per heavy atom. The highest BCUT2D eigenvalue weighted by molar-refractivity contribution is 7.97. The molecule has 1 aromatic heterocycles. The van der Waals surface area contributed by atoms with Crippen molar-refractivity contribution in [2.24, 2.45) is 0 Å². The summed E-state index contributed by atoms with van der Waals surface area (Å²) in [5.74, 6) is -3.06. The molecule has 2 aromatic carbocycles. The molecule has 1 N–H and O–H groups in total. The van der Waals surface area contributed by atoms with Crippen LogP contribution in [-0.2, 0) is 6.54 Å². The summed E-state index contributed by atoms with van der Waals surface area (Å²) in [6.07, 6.45) is -0.317. The normalized spacial score (nSPS) is 11.1. The Kier molecular flexibility index (Phi) is 7.83. The predicted molar refractivity (Wildman–Crippen MR) is 125 cm³/mol. The van der Waals surface area contributed by atoms with E-state index < -0.39 is 11.8 Å². The molecule has 0 bridgehead atoms. The maximum Gasteiger partial charge on any atom is 0.280 e. The van der Waals surface area contributed by atoms with E-state index in [4.69, 9.17) is 5.26 Å². The molecule has 1 amide bonds. The summed E-state index contributed by atoms with van der Waals surface area (Å²) in [7, 11) is 0. The maximum absolute atomic E-state index is 13.0. The van der Waals surface area contributed by atoms with Crippen LogP contribution in [0.1, 0.15) is 39.8 Å². The average Bonchev–Trinajstić information content (AvgIpc) is 3.16. The largest absolute Gasteiger partial charge is 0.313 e. The number of hydrogen-bond acceptors (Lipinski definition) is 6. The van der Waals surface area contributed by atoms with Crippen molar-refractivity contribution in [1.29, 1.82) is 5.26 Å². The second-order valence-electron chi connectivity index (χ2n) is 7.23. The van der Waals surface area contributed by atoms with Crippen LogP contribution in [0, 0.1) is 18.3 Å². The van der Waals surface area contributed by atoms with Crippen molar-refractivity contribution in [3.8, 4) is 6.07 Å². The third kappa shape index (κ3) is 6.52. The maximum atomic E-state index is 13.0. The van der Waals surface area contributed by atoms with Crippen molar-refractivity contribution in [1.82, 2.24) is 9.71 Å². The van der Waals surface area contributed by atoms with E-state index in [1.807, 2.05) is 47.4 Å². The fourth-order valence-electron chi connectivity index (χ4n) is 2.85. The Balaban J connectivity index is 1.82. The van der Waals surface area contributed by atoms with E-state index in [0.717, 1.165) is 35.0 Å². The van der Waals surface area contributed by atoms with Gasteiger partial charge in [-0.2, -0.15) is 5.26 Å². The van der Waals surface area contributed by atoms with Crippen molar-refractivity contribution < 1.29 is 13.6 Å². The first-order chi connectivity index (χ1) is 15.3. The molecule has 0 aliphatic carbocycles. The Hall–Kier alpha value is -2.96.